The Morgan fingerprint density at radius 3 is 2.44 bits per heavy atom. The Morgan fingerprint density at radius 1 is 1.00 bits per heavy atom. The molecule has 25 heavy (non-hydrogen) atoms. The lowest BCUT2D eigenvalue weighted by atomic mass is 10.2. The Labute approximate surface area is 152 Å². The highest BCUT2D eigenvalue weighted by Crippen LogP contribution is 2.26. The van der Waals surface area contributed by atoms with Crippen molar-refractivity contribution < 1.29 is 0 Å². The Kier molecular flexibility index (Phi) is 4.24. The molecular formula is C20H21ClN4. The van der Waals surface area contributed by atoms with E-state index in [4.69, 9.17) is 16.6 Å². The largest absolute Gasteiger partial charge is 0.310 e. The lowest BCUT2D eigenvalue weighted by Gasteiger charge is -2.10. The Balaban J connectivity index is 1.81. The highest BCUT2D eigenvalue weighted by molar-refractivity contribution is 6.30. The average Bonchev–Trinajstić information content (AvgIpc) is 3.14. The van der Waals surface area contributed by atoms with Crippen LogP contribution in [0.4, 0.5) is 0 Å². The molecule has 2 aromatic carbocycles. The second kappa shape index (κ2) is 6.54. The maximum atomic E-state index is 6.01. The molecular weight excluding hydrogens is 332 g/mol. The van der Waals surface area contributed by atoms with E-state index in [1.54, 1.807) is 0 Å². The Morgan fingerprint density at radius 2 is 1.72 bits per heavy atom. The zero-order valence-electron chi connectivity index (χ0n) is 14.5. The third-order valence-electron chi connectivity index (χ3n) is 4.49. The summed E-state index contributed by atoms with van der Waals surface area (Å²) in [6.45, 7) is 2.01. The number of aryl methyl sites for hydroxylation is 1. The number of imidazole rings is 2. The average molecular weight is 353 g/mol. The minimum atomic E-state index is 0.742. The summed E-state index contributed by atoms with van der Waals surface area (Å²) in [4.78, 5) is 7.13. The lowest BCUT2D eigenvalue weighted by Crippen LogP contribution is -2.15. The van der Waals surface area contributed by atoms with Gasteiger partial charge < -0.3 is 9.47 Å². The lowest BCUT2D eigenvalue weighted by molar-refractivity contribution is 0.389. The molecule has 0 N–H and O–H groups in total. The summed E-state index contributed by atoms with van der Waals surface area (Å²) >= 11 is 6.01. The molecule has 0 aliphatic heterocycles. The molecule has 128 valence electrons. The number of hydrogen-bond acceptors (Lipinski definition) is 2. The van der Waals surface area contributed by atoms with E-state index >= 15 is 0 Å². The molecule has 0 saturated carbocycles. The van der Waals surface area contributed by atoms with Gasteiger partial charge in [-0.2, -0.15) is 0 Å². The van der Waals surface area contributed by atoms with Crippen LogP contribution in [-0.4, -0.2) is 39.5 Å². The molecule has 0 aliphatic rings. The van der Waals surface area contributed by atoms with Gasteiger partial charge in [0.15, 0.2) is 0 Å². The predicted molar refractivity (Wildman–Crippen MR) is 104 cm³/mol. The molecule has 2 heterocycles. The van der Waals surface area contributed by atoms with Crippen molar-refractivity contribution in [2.45, 2.75) is 13.0 Å². The van der Waals surface area contributed by atoms with Crippen LogP contribution in [0.5, 0.6) is 0 Å². The van der Waals surface area contributed by atoms with E-state index in [-0.39, 0.29) is 0 Å². The molecule has 5 heteroatoms. The molecule has 0 saturated heterocycles. The van der Waals surface area contributed by atoms with Crippen LogP contribution in [0.15, 0.2) is 54.7 Å². The third kappa shape index (κ3) is 3.03. The van der Waals surface area contributed by atoms with Gasteiger partial charge in [0.2, 0.25) is 5.78 Å². The quantitative estimate of drug-likeness (QED) is 0.526. The first kappa shape index (κ1) is 16.2. The van der Waals surface area contributed by atoms with Crippen molar-refractivity contribution >= 4 is 28.4 Å². The van der Waals surface area contributed by atoms with Gasteiger partial charge in [-0.25, -0.2) is 4.98 Å². The van der Waals surface area contributed by atoms with Crippen molar-refractivity contribution in [3.8, 4) is 11.3 Å². The topological polar surface area (TPSA) is 25.5 Å². The van der Waals surface area contributed by atoms with Crippen molar-refractivity contribution in [3.05, 3.63) is 59.8 Å². The second-order valence-corrected chi connectivity index (χ2v) is 7.04. The number of nitrogens with zero attached hydrogens (tertiary/aromatic N) is 4. The van der Waals surface area contributed by atoms with Crippen molar-refractivity contribution in [3.63, 3.8) is 0 Å². The monoisotopic (exact) mass is 352 g/mol. The molecule has 0 bridgehead atoms. The van der Waals surface area contributed by atoms with Crippen LogP contribution >= 0.6 is 11.6 Å². The number of para-hydroxylation sites is 2. The van der Waals surface area contributed by atoms with Gasteiger partial charge in [0.05, 0.1) is 16.7 Å². The number of halogens is 1. The fraction of sp³-hybridized carbons (Fsp3) is 0.250. The number of rotatable bonds is 5. The van der Waals surface area contributed by atoms with Gasteiger partial charge in [-0.3, -0.25) is 4.40 Å². The summed E-state index contributed by atoms with van der Waals surface area (Å²) in [7, 11) is 4.22. The third-order valence-corrected chi connectivity index (χ3v) is 4.74. The van der Waals surface area contributed by atoms with E-state index in [1.165, 1.54) is 11.0 Å². The normalized spacial score (nSPS) is 11.8. The first-order valence-corrected chi connectivity index (χ1v) is 8.88. The van der Waals surface area contributed by atoms with Gasteiger partial charge in [-0.05, 0) is 51.3 Å². The molecule has 4 nitrogen and oxygen atoms in total. The molecule has 4 rings (SSSR count). The molecule has 0 spiro atoms. The minimum Gasteiger partial charge on any atom is -0.310 e. The summed E-state index contributed by atoms with van der Waals surface area (Å²) < 4.78 is 4.51. The second-order valence-electron chi connectivity index (χ2n) is 6.60. The molecule has 0 aliphatic carbocycles. The van der Waals surface area contributed by atoms with E-state index in [9.17, 15) is 0 Å². The van der Waals surface area contributed by atoms with E-state index in [2.05, 4.69) is 58.4 Å². The fourth-order valence-electron chi connectivity index (χ4n) is 3.27. The van der Waals surface area contributed by atoms with Crippen LogP contribution in [0.2, 0.25) is 5.02 Å². The maximum Gasteiger partial charge on any atom is 0.215 e. The van der Waals surface area contributed by atoms with Crippen molar-refractivity contribution in [2.75, 3.05) is 20.6 Å². The molecule has 0 radical (unpaired) electrons. The van der Waals surface area contributed by atoms with Crippen LogP contribution < -0.4 is 0 Å². The molecule has 0 atom stereocenters. The zero-order chi connectivity index (χ0) is 17.4. The molecule has 2 aromatic heterocycles. The SMILES string of the molecule is CN(C)CCCn1c2ccccc2n2cc(-c3ccc(Cl)cc3)nc12. The molecule has 0 fully saturated rings. The summed E-state index contributed by atoms with van der Waals surface area (Å²) in [6, 6.07) is 16.3. The van der Waals surface area contributed by atoms with Gasteiger partial charge in [-0.15, -0.1) is 0 Å². The van der Waals surface area contributed by atoms with Crippen molar-refractivity contribution in [1.82, 2.24) is 18.9 Å². The molecule has 4 aromatic rings. The van der Waals surface area contributed by atoms with E-state index < -0.39 is 0 Å². The van der Waals surface area contributed by atoms with Crippen molar-refractivity contribution in [2.24, 2.45) is 0 Å². The van der Waals surface area contributed by atoms with Gasteiger partial charge in [0.25, 0.3) is 0 Å². The van der Waals surface area contributed by atoms with Crippen molar-refractivity contribution in [1.29, 1.82) is 0 Å². The summed E-state index contributed by atoms with van der Waals surface area (Å²) in [5.74, 6) is 0.991. The van der Waals surface area contributed by atoms with Gasteiger partial charge in [0.1, 0.15) is 0 Å². The smallest absolute Gasteiger partial charge is 0.215 e. The first-order chi connectivity index (χ1) is 12.1. The number of benzene rings is 2. The number of hydrogen-bond donors (Lipinski definition) is 0. The van der Waals surface area contributed by atoms with Crippen LogP contribution in [0.3, 0.4) is 0 Å². The van der Waals surface area contributed by atoms with E-state index in [0.29, 0.717) is 0 Å². The highest BCUT2D eigenvalue weighted by Gasteiger charge is 2.14. The Hall–Kier alpha value is -2.30. The van der Waals surface area contributed by atoms with Gasteiger partial charge in [0, 0.05) is 23.3 Å². The highest BCUT2D eigenvalue weighted by atomic mass is 35.5. The number of aromatic nitrogens is 3. The van der Waals surface area contributed by atoms with Gasteiger partial charge in [-0.1, -0.05) is 35.9 Å². The standard InChI is InChI=1S/C20H21ClN4/c1-23(2)12-5-13-24-18-6-3-4-7-19(18)25-14-17(22-20(24)25)15-8-10-16(21)11-9-15/h3-4,6-11,14H,5,12-13H2,1-2H3. The van der Waals surface area contributed by atoms with E-state index in [1.807, 2.05) is 24.3 Å². The van der Waals surface area contributed by atoms with Crippen LogP contribution in [0, 0.1) is 0 Å². The van der Waals surface area contributed by atoms with E-state index in [0.717, 1.165) is 41.6 Å². The first-order valence-electron chi connectivity index (χ1n) is 8.50. The van der Waals surface area contributed by atoms with Crippen LogP contribution in [0.1, 0.15) is 6.42 Å². The maximum absolute atomic E-state index is 6.01. The zero-order valence-corrected chi connectivity index (χ0v) is 15.2. The minimum absolute atomic E-state index is 0.742. The van der Waals surface area contributed by atoms with Crippen LogP contribution in [0.25, 0.3) is 28.1 Å². The summed E-state index contributed by atoms with van der Waals surface area (Å²) in [5, 5.41) is 0.742. The fourth-order valence-corrected chi connectivity index (χ4v) is 3.39. The molecule has 0 unspecified atom stereocenters. The number of fused-ring (bicyclic) bond motifs is 3. The molecule has 0 amide bonds. The summed E-state index contributed by atoms with van der Waals surface area (Å²) in [6.07, 6.45) is 3.20. The van der Waals surface area contributed by atoms with Crippen LogP contribution in [-0.2, 0) is 6.54 Å². The Bertz CT molecular complexity index is 1010. The van der Waals surface area contributed by atoms with Gasteiger partial charge >= 0.3 is 0 Å². The predicted octanol–water partition coefficient (Wildman–Crippen LogP) is 4.56. The summed E-state index contributed by atoms with van der Waals surface area (Å²) in [5.41, 5.74) is 4.47.